The van der Waals surface area contributed by atoms with E-state index in [2.05, 4.69) is 0 Å². The van der Waals surface area contributed by atoms with Crippen molar-refractivity contribution in [2.45, 2.75) is 6.92 Å². The molecule has 0 aromatic heterocycles. The maximum atomic E-state index is 11.2. The van der Waals surface area contributed by atoms with Crippen LogP contribution < -0.4 is 0 Å². The number of ketones is 1. The quantitative estimate of drug-likeness (QED) is 0.474. The van der Waals surface area contributed by atoms with Crippen molar-refractivity contribution in [3.8, 4) is 11.1 Å². The van der Waals surface area contributed by atoms with Crippen molar-refractivity contribution in [3.05, 3.63) is 56.0 Å². The van der Waals surface area contributed by atoms with Crippen LogP contribution in [0.25, 0.3) is 11.1 Å². The maximum absolute atomic E-state index is 11.2. The highest BCUT2D eigenvalue weighted by Crippen LogP contribution is 2.43. The van der Waals surface area contributed by atoms with Gasteiger partial charge in [-0.25, -0.2) is 0 Å². The molecule has 0 atom stereocenters. The van der Waals surface area contributed by atoms with E-state index in [9.17, 15) is 4.79 Å². The summed E-state index contributed by atoms with van der Waals surface area (Å²) >= 11 is 24.3. The SMILES string of the molecule is CC(=O)c1ccc(-c2c(Cl)c(Cl)cc(Cl)c2Cl)cc1. The highest BCUT2D eigenvalue weighted by Gasteiger charge is 2.15. The van der Waals surface area contributed by atoms with Crippen molar-refractivity contribution >= 4 is 52.2 Å². The van der Waals surface area contributed by atoms with Gasteiger partial charge in [-0.2, -0.15) is 0 Å². The van der Waals surface area contributed by atoms with Gasteiger partial charge in [0, 0.05) is 11.1 Å². The number of carbonyl (C=O) groups excluding carboxylic acids is 1. The van der Waals surface area contributed by atoms with Gasteiger partial charge in [0.2, 0.25) is 0 Å². The number of benzene rings is 2. The number of rotatable bonds is 2. The monoisotopic (exact) mass is 332 g/mol. The highest BCUT2D eigenvalue weighted by atomic mass is 35.5. The van der Waals surface area contributed by atoms with Gasteiger partial charge in [0.25, 0.3) is 0 Å². The van der Waals surface area contributed by atoms with Crippen LogP contribution in [0.15, 0.2) is 30.3 Å². The fourth-order valence-corrected chi connectivity index (χ4v) is 2.73. The summed E-state index contributed by atoms with van der Waals surface area (Å²) in [5.41, 5.74) is 1.93. The zero-order chi connectivity index (χ0) is 14.2. The van der Waals surface area contributed by atoms with Crippen molar-refractivity contribution in [2.75, 3.05) is 0 Å². The summed E-state index contributed by atoms with van der Waals surface area (Å²) in [5, 5.41) is 1.35. The van der Waals surface area contributed by atoms with Crippen molar-refractivity contribution in [2.24, 2.45) is 0 Å². The third-order valence-electron chi connectivity index (χ3n) is 2.69. The molecule has 0 amide bonds. The molecule has 0 spiro atoms. The lowest BCUT2D eigenvalue weighted by Crippen LogP contribution is -1.91. The summed E-state index contributed by atoms with van der Waals surface area (Å²) in [6.07, 6.45) is 0. The standard InChI is InChI=1S/C14H8Cl4O/c1-7(19)8-2-4-9(5-3-8)12-13(17)10(15)6-11(16)14(12)18/h2-6H,1H3. The van der Waals surface area contributed by atoms with Crippen LogP contribution >= 0.6 is 46.4 Å². The first-order valence-corrected chi connectivity index (χ1v) is 6.87. The van der Waals surface area contributed by atoms with Gasteiger partial charge in [-0.1, -0.05) is 70.7 Å². The number of hydrogen-bond acceptors (Lipinski definition) is 1. The molecule has 1 nitrogen and oxygen atoms in total. The third-order valence-corrected chi connectivity index (χ3v) is 4.27. The topological polar surface area (TPSA) is 17.1 Å². The Morgan fingerprint density at radius 3 is 1.79 bits per heavy atom. The Morgan fingerprint density at radius 1 is 0.895 bits per heavy atom. The van der Waals surface area contributed by atoms with Gasteiger partial charge >= 0.3 is 0 Å². The molecule has 0 saturated carbocycles. The molecule has 2 aromatic carbocycles. The zero-order valence-electron chi connectivity index (χ0n) is 9.81. The second-order valence-corrected chi connectivity index (χ2v) is 5.55. The summed E-state index contributed by atoms with van der Waals surface area (Å²) < 4.78 is 0. The van der Waals surface area contributed by atoms with Crippen LogP contribution in [-0.2, 0) is 0 Å². The molecule has 98 valence electrons. The molecular weight excluding hydrogens is 326 g/mol. The van der Waals surface area contributed by atoms with Crippen LogP contribution in [0, 0.1) is 0 Å². The van der Waals surface area contributed by atoms with Crippen molar-refractivity contribution in [1.82, 2.24) is 0 Å². The molecule has 0 aliphatic carbocycles. The number of halogens is 4. The van der Waals surface area contributed by atoms with Gasteiger partial charge in [0.15, 0.2) is 5.78 Å². The van der Waals surface area contributed by atoms with E-state index in [4.69, 9.17) is 46.4 Å². The molecule has 0 aliphatic heterocycles. The Bertz CT molecular complexity index is 621. The molecule has 0 heterocycles. The molecule has 19 heavy (non-hydrogen) atoms. The van der Waals surface area contributed by atoms with Crippen LogP contribution in [-0.4, -0.2) is 5.78 Å². The molecule has 0 saturated heterocycles. The average molecular weight is 334 g/mol. The van der Waals surface area contributed by atoms with Gasteiger partial charge in [-0.15, -0.1) is 0 Å². The van der Waals surface area contributed by atoms with Gasteiger partial charge in [-0.3, -0.25) is 4.79 Å². The summed E-state index contributed by atoms with van der Waals surface area (Å²) in [6.45, 7) is 1.51. The smallest absolute Gasteiger partial charge is 0.159 e. The third kappa shape index (κ3) is 2.90. The van der Waals surface area contributed by atoms with Crippen molar-refractivity contribution in [3.63, 3.8) is 0 Å². The fourth-order valence-electron chi connectivity index (χ4n) is 1.70. The predicted molar refractivity (Wildman–Crippen MR) is 81.9 cm³/mol. The second kappa shape index (κ2) is 5.72. The van der Waals surface area contributed by atoms with Crippen molar-refractivity contribution in [1.29, 1.82) is 0 Å². The summed E-state index contributed by atoms with van der Waals surface area (Å²) in [5.74, 6) is -0.00660. The Balaban J connectivity index is 2.62. The minimum atomic E-state index is -0.00660. The molecule has 0 bridgehead atoms. The minimum absolute atomic E-state index is 0.00660. The molecule has 0 unspecified atom stereocenters. The van der Waals surface area contributed by atoms with Crippen molar-refractivity contribution < 1.29 is 4.79 Å². The predicted octanol–water partition coefficient (Wildman–Crippen LogP) is 6.17. The van der Waals surface area contributed by atoms with E-state index in [1.165, 1.54) is 13.0 Å². The number of hydrogen-bond donors (Lipinski definition) is 0. The maximum Gasteiger partial charge on any atom is 0.159 e. The average Bonchev–Trinajstić information content (AvgIpc) is 2.37. The minimum Gasteiger partial charge on any atom is -0.295 e. The van der Waals surface area contributed by atoms with E-state index in [0.717, 1.165) is 5.56 Å². The van der Waals surface area contributed by atoms with E-state index in [1.807, 2.05) is 0 Å². The Hall–Kier alpha value is -0.730. The van der Waals surface area contributed by atoms with Crippen LogP contribution in [0.1, 0.15) is 17.3 Å². The molecular formula is C14H8Cl4O. The fraction of sp³-hybridized carbons (Fsp3) is 0.0714. The Labute approximate surface area is 131 Å². The van der Waals surface area contributed by atoms with Gasteiger partial charge in [0.1, 0.15) is 0 Å². The van der Waals surface area contributed by atoms with E-state index in [0.29, 0.717) is 31.2 Å². The first kappa shape index (κ1) is 14.7. The first-order chi connectivity index (χ1) is 8.91. The van der Waals surface area contributed by atoms with Crippen LogP contribution in [0.5, 0.6) is 0 Å². The lowest BCUT2D eigenvalue weighted by Gasteiger charge is -2.11. The van der Waals surface area contributed by atoms with Gasteiger partial charge in [-0.05, 0) is 18.6 Å². The molecule has 5 heteroatoms. The molecule has 0 fully saturated rings. The lowest BCUT2D eigenvalue weighted by molar-refractivity contribution is 0.101. The van der Waals surface area contributed by atoms with Crippen LogP contribution in [0.2, 0.25) is 20.1 Å². The second-order valence-electron chi connectivity index (χ2n) is 3.98. The van der Waals surface area contributed by atoms with Crippen LogP contribution in [0.3, 0.4) is 0 Å². The summed E-state index contributed by atoms with van der Waals surface area (Å²) in [4.78, 5) is 11.2. The molecule has 2 aromatic rings. The van der Waals surface area contributed by atoms with E-state index < -0.39 is 0 Å². The normalized spacial score (nSPS) is 10.6. The van der Waals surface area contributed by atoms with E-state index >= 15 is 0 Å². The number of Topliss-reactive ketones (excluding diaryl/α,β-unsaturated/α-hetero) is 1. The zero-order valence-corrected chi connectivity index (χ0v) is 12.8. The van der Waals surface area contributed by atoms with Gasteiger partial charge in [0.05, 0.1) is 20.1 Å². The summed E-state index contributed by atoms with van der Waals surface area (Å²) in [6, 6.07) is 8.44. The van der Waals surface area contributed by atoms with Crippen LogP contribution in [0.4, 0.5) is 0 Å². The summed E-state index contributed by atoms with van der Waals surface area (Å²) in [7, 11) is 0. The highest BCUT2D eigenvalue weighted by molar-refractivity contribution is 6.50. The molecule has 0 N–H and O–H groups in total. The lowest BCUT2D eigenvalue weighted by atomic mass is 10.0. The largest absolute Gasteiger partial charge is 0.295 e. The Morgan fingerprint density at radius 2 is 1.37 bits per heavy atom. The number of carbonyl (C=O) groups is 1. The molecule has 0 aliphatic rings. The van der Waals surface area contributed by atoms with E-state index in [1.54, 1.807) is 24.3 Å². The molecule has 2 rings (SSSR count). The van der Waals surface area contributed by atoms with E-state index in [-0.39, 0.29) is 5.78 Å². The van der Waals surface area contributed by atoms with Gasteiger partial charge < -0.3 is 0 Å². The first-order valence-electron chi connectivity index (χ1n) is 5.36. The Kier molecular flexibility index (Phi) is 4.42. The molecule has 0 radical (unpaired) electrons.